The van der Waals surface area contributed by atoms with Crippen LogP contribution in [0.5, 0.6) is 0 Å². The predicted molar refractivity (Wildman–Crippen MR) is 57.1 cm³/mol. The molecule has 0 rings (SSSR count). The van der Waals surface area contributed by atoms with Crippen molar-refractivity contribution < 1.29 is 5.11 Å². The fraction of sp³-hybridized carbons (Fsp3) is 0.667. The van der Waals surface area contributed by atoms with Gasteiger partial charge in [0.15, 0.2) is 0 Å². The fourth-order valence-electron chi connectivity index (χ4n) is 1.51. The molecule has 0 saturated heterocycles. The van der Waals surface area contributed by atoms with Crippen molar-refractivity contribution in [3.63, 3.8) is 0 Å². The van der Waals surface area contributed by atoms with E-state index in [1.54, 1.807) is 0 Å². The van der Waals surface area contributed by atoms with Gasteiger partial charge in [0.05, 0.1) is 6.61 Å². The van der Waals surface area contributed by atoms with Crippen molar-refractivity contribution in [1.82, 2.24) is 0 Å². The van der Waals surface area contributed by atoms with Crippen molar-refractivity contribution in [3.05, 3.63) is 23.8 Å². The van der Waals surface area contributed by atoms with Crippen molar-refractivity contribution in [2.45, 2.75) is 34.1 Å². The van der Waals surface area contributed by atoms with Crippen LogP contribution in [-0.4, -0.2) is 6.61 Å². The SMILES string of the molecule is C/C=C/C(C)C/C(C)=C/C(C)C[O]. The Kier molecular flexibility index (Phi) is 6.61. The molecule has 0 aliphatic carbocycles. The minimum atomic E-state index is -0.00462. The molecule has 2 unspecified atom stereocenters. The fourth-order valence-corrected chi connectivity index (χ4v) is 1.51. The molecule has 1 radical (unpaired) electrons. The van der Waals surface area contributed by atoms with Crippen LogP contribution in [0.1, 0.15) is 34.1 Å². The lowest BCUT2D eigenvalue weighted by atomic mass is 9.99. The molecule has 1 heteroatoms. The second-order valence-corrected chi connectivity index (χ2v) is 3.86. The minimum Gasteiger partial charge on any atom is -0.236 e. The van der Waals surface area contributed by atoms with E-state index in [0.29, 0.717) is 5.92 Å². The third-order valence-electron chi connectivity index (χ3n) is 2.00. The molecule has 0 aromatic heterocycles. The minimum absolute atomic E-state index is 0.00462. The number of hydrogen-bond acceptors (Lipinski definition) is 0. The highest BCUT2D eigenvalue weighted by molar-refractivity contribution is 5.03. The van der Waals surface area contributed by atoms with Crippen LogP contribution in [0.25, 0.3) is 0 Å². The van der Waals surface area contributed by atoms with Gasteiger partial charge in [-0.15, -0.1) is 0 Å². The Labute approximate surface area is 82.2 Å². The molecule has 0 spiro atoms. The Morgan fingerprint density at radius 3 is 2.38 bits per heavy atom. The molecule has 0 aromatic rings. The van der Waals surface area contributed by atoms with E-state index in [4.69, 9.17) is 0 Å². The summed E-state index contributed by atoms with van der Waals surface area (Å²) < 4.78 is 0. The van der Waals surface area contributed by atoms with E-state index in [2.05, 4.69) is 32.1 Å². The van der Waals surface area contributed by atoms with Crippen LogP contribution in [0.4, 0.5) is 0 Å². The summed E-state index contributed by atoms with van der Waals surface area (Å²) in [5.74, 6) is 0.762. The summed E-state index contributed by atoms with van der Waals surface area (Å²) in [5.41, 5.74) is 1.33. The first-order valence-corrected chi connectivity index (χ1v) is 4.98. The summed E-state index contributed by atoms with van der Waals surface area (Å²) in [6, 6.07) is 0. The first kappa shape index (κ1) is 12.4. The van der Waals surface area contributed by atoms with Crippen LogP contribution in [0.3, 0.4) is 0 Å². The monoisotopic (exact) mass is 181 g/mol. The molecule has 0 heterocycles. The lowest BCUT2D eigenvalue weighted by molar-refractivity contribution is 0.168. The zero-order valence-electron chi connectivity index (χ0n) is 9.21. The predicted octanol–water partition coefficient (Wildman–Crippen LogP) is 3.60. The van der Waals surface area contributed by atoms with Gasteiger partial charge in [-0.1, -0.05) is 37.6 Å². The highest BCUT2D eigenvalue weighted by atomic mass is 16.3. The molecule has 0 N–H and O–H groups in total. The second-order valence-electron chi connectivity index (χ2n) is 3.86. The number of allylic oxidation sites excluding steroid dienone is 3. The van der Waals surface area contributed by atoms with Crippen LogP contribution in [0, 0.1) is 11.8 Å². The highest BCUT2D eigenvalue weighted by Gasteiger charge is 2.01. The molecule has 13 heavy (non-hydrogen) atoms. The summed E-state index contributed by atoms with van der Waals surface area (Å²) in [4.78, 5) is 0. The van der Waals surface area contributed by atoms with Gasteiger partial charge in [0.1, 0.15) is 0 Å². The largest absolute Gasteiger partial charge is 0.236 e. The van der Waals surface area contributed by atoms with E-state index in [1.807, 2.05) is 13.8 Å². The first-order valence-electron chi connectivity index (χ1n) is 4.98. The van der Waals surface area contributed by atoms with Crippen molar-refractivity contribution in [3.8, 4) is 0 Å². The van der Waals surface area contributed by atoms with Gasteiger partial charge in [0.25, 0.3) is 0 Å². The van der Waals surface area contributed by atoms with Gasteiger partial charge in [-0.25, -0.2) is 5.11 Å². The lowest BCUT2D eigenvalue weighted by Gasteiger charge is -2.08. The summed E-state index contributed by atoms with van der Waals surface area (Å²) in [7, 11) is 0. The molecule has 0 aliphatic heterocycles. The molecule has 2 atom stereocenters. The van der Waals surface area contributed by atoms with E-state index in [1.165, 1.54) is 5.57 Å². The second kappa shape index (κ2) is 6.90. The molecule has 0 fully saturated rings. The molecular formula is C12H21O. The van der Waals surface area contributed by atoms with E-state index in [0.717, 1.165) is 6.42 Å². The summed E-state index contributed by atoms with van der Waals surface area (Å²) >= 11 is 0. The standard InChI is InChI=1S/C12H21O/c1-5-6-10(2)7-11(3)8-12(4)9-13/h5-6,8,10,12H,7,9H2,1-4H3/b6-5+,11-8+. The summed E-state index contributed by atoms with van der Waals surface area (Å²) in [5, 5.41) is 10.5. The molecule has 75 valence electrons. The number of rotatable bonds is 5. The van der Waals surface area contributed by atoms with Crippen molar-refractivity contribution in [2.24, 2.45) is 11.8 Å². The smallest absolute Gasteiger partial charge is 0.0882 e. The van der Waals surface area contributed by atoms with Crippen LogP contribution >= 0.6 is 0 Å². The van der Waals surface area contributed by atoms with Crippen LogP contribution < -0.4 is 0 Å². The number of hydrogen-bond donors (Lipinski definition) is 0. The molecule has 0 aliphatic rings. The Bertz CT molecular complexity index is 180. The van der Waals surface area contributed by atoms with Crippen molar-refractivity contribution in [2.75, 3.05) is 6.61 Å². The lowest BCUT2D eigenvalue weighted by Crippen LogP contribution is -1.97. The Morgan fingerprint density at radius 1 is 1.31 bits per heavy atom. The summed E-state index contributed by atoms with van der Waals surface area (Å²) in [6.07, 6.45) is 7.43. The maximum atomic E-state index is 10.5. The Balaban J connectivity index is 3.97. The zero-order chi connectivity index (χ0) is 10.3. The van der Waals surface area contributed by atoms with Crippen LogP contribution in [-0.2, 0) is 5.11 Å². The highest BCUT2D eigenvalue weighted by Crippen LogP contribution is 2.14. The van der Waals surface area contributed by atoms with Crippen molar-refractivity contribution in [1.29, 1.82) is 0 Å². The molecule has 0 amide bonds. The maximum absolute atomic E-state index is 10.5. The average molecular weight is 181 g/mol. The van der Waals surface area contributed by atoms with Gasteiger partial charge in [0.2, 0.25) is 0 Å². The first-order chi connectivity index (χ1) is 6.10. The van der Waals surface area contributed by atoms with E-state index >= 15 is 0 Å². The van der Waals surface area contributed by atoms with E-state index in [-0.39, 0.29) is 12.5 Å². The van der Waals surface area contributed by atoms with Gasteiger partial charge in [-0.3, -0.25) is 0 Å². The van der Waals surface area contributed by atoms with Gasteiger partial charge >= 0.3 is 0 Å². The zero-order valence-corrected chi connectivity index (χ0v) is 9.21. The van der Waals surface area contributed by atoms with Crippen molar-refractivity contribution >= 4 is 0 Å². The van der Waals surface area contributed by atoms with Gasteiger partial charge in [0, 0.05) is 5.92 Å². The molecule has 0 aromatic carbocycles. The third-order valence-corrected chi connectivity index (χ3v) is 2.00. The molecular weight excluding hydrogens is 160 g/mol. The van der Waals surface area contributed by atoms with Gasteiger partial charge < -0.3 is 0 Å². The van der Waals surface area contributed by atoms with Crippen LogP contribution in [0.2, 0.25) is 0 Å². The van der Waals surface area contributed by atoms with E-state index < -0.39 is 0 Å². The molecule has 1 nitrogen and oxygen atoms in total. The quantitative estimate of drug-likeness (QED) is 0.577. The average Bonchev–Trinajstić information content (AvgIpc) is 2.04. The van der Waals surface area contributed by atoms with Crippen LogP contribution in [0.15, 0.2) is 23.8 Å². The van der Waals surface area contributed by atoms with E-state index in [9.17, 15) is 5.11 Å². The molecule has 0 bridgehead atoms. The maximum Gasteiger partial charge on any atom is 0.0882 e. The Morgan fingerprint density at radius 2 is 1.92 bits per heavy atom. The van der Waals surface area contributed by atoms with Gasteiger partial charge in [-0.2, -0.15) is 0 Å². The van der Waals surface area contributed by atoms with Gasteiger partial charge in [-0.05, 0) is 26.2 Å². The third kappa shape index (κ3) is 6.59. The topological polar surface area (TPSA) is 19.9 Å². The Hall–Kier alpha value is -0.560. The normalized spacial score (nSPS) is 17.8. The molecule has 0 saturated carbocycles. The summed E-state index contributed by atoms with van der Waals surface area (Å²) in [6.45, 7) is 8.30.